The Morgan fingerprint density at radius 2 is 1.25 bits per heavy atom. The van der Waals surface area contributed by atoms with E-state index in [2.05, 4.69) is 35.4 Å². The van der Waals surface area contributed by atoms with Crippen LogP contribution in [-0.2, 0) is 2.92 Å². The van der Waals surface area contributed by atoms with Gasteiger partial charge in [-0.25, -0.2) is 2.92 Å². The number of rotatable bonds is 0. The van der Waals surface area contributed by atoms with Gasteiger partial charge in [0.2, 0.25) is 0 Å². The summed E-state index contributed by atoms with van der Waals surface area (Å²) in [4.78, 5) is 0. The molecule has 0 rings (SSSR count). The fourth-order valence-corrected chi connectivity index (χ4v) is 0. The summed E-state index contributed by atoms with van der Waals surface area (Å²) >= 11 is 5.12. The first-order valence-corrected chi connectivity index (χ1v) is 1.60. The molecule has 0 N–H and O–H groups in total. The molecule has 26 valence electrons. The molecule has 0 unspecified atom stereocenters. The third-order valence-corrected chi connectivity index (χ3v) is 0. The van der Waals surface area contributed by atoms with Crippen molar-refractivity contribution in [1.29, 1.82) is 0 Å². The van der Waals surface area contributed by atoms with Crippen LogP contribution in [0.4, 0.5) is 0 Å². The van der Waals surface area contributed by atoms with Gasteiger partial charge in [-0.15, -0.1) is 0 Å². The molecule has 0 aliphatic carbocycles. The van der Waals surface area contributed by atoms with Crippen LogP contribution in [0.1, 0.15) is 0 Å². The van der Waals surface area contributed by atoms with Crippen LogP contribution < -0.4 is 0 Å². The van der Waals surface area contributed by atoms with Crippen LogP contribution in [0.2, 0.25) is 0 Å². The molecule has 0 aliphatic rings. The van der Waals surface area contributed by atoms with Crippen molar-refractivity contribution in [3.8, 4) is 0 Å². The van der Waals surface area contributed by atoms with Crippen LogP contribution in [0.25, 0.3) is 0 Å². The molecule has 0 spiro atoms. The molecule has 0 amide bonds. The Morgan fingerprint density at radius 1 is 1.25 bits per heavy atom. The first kappa shape index (κ1) is 9.06. The fraction of sp³-hybridized carbons (Fsp3) is 0. The standard InChI is InChI=1S/Br2O.Se/c1-3-2;. The topological polar surface area (TPSA) is 9.23 Å². The summed E-state index contributed by atoms with van der Waals surface area (Å²) in [6, 6.07) is 0. The minimum absolute atomic E-state index is 0. The quantitative estimate of drug-likeness (QED) is 0.591. The van der Waals surface area contributed by atoms with Gasteiger partial charge in [-0.1, -0.05) is 0 Å². The van der Waals surface area contributed by atoms with E-state index in [0.717, 1.165) is 0 Å². The smallest absolute Gasteiger partial charge is 0.115 e. The van der Waals surface area contributed by atoms with E-state index in [1.165, 1.54) is 0 Å². The summed E-state index contributed by atoms with van der Waals surface area (Å²) in [5, 5.41) is 0. The molecule has 0 atom stereocenters. The molecule has 0 bridgehead atoms. The van der Waals surface area contributed by atoms with Gasteiger partial charge in [-0.05, 0) is 0 Å². The van der Waals surface area contributed by atoms with Crippen LogP contribution >= 0.6 is 32.5 Å². The first-order chi connectivity index (χ1) is 1.41. The molecular weight excluding hydrogens is 255 g/mol. The summed E-state index contributed by atoms with van der Waals surface area (Å²) in [6.07, 6.45) is 0. The minimum atomic E-state index is 0. The SMILES string of the molecule is BrOBr.[Se]. The second kappa shape index (κ2) is 8.83. The normalized spacial score (nSPS) is 4.50. The molecule has 0 heterocycles. The fourth-order valence-electron chi connectivity index (χ4n) is 0. The van der Waals surface area contributed by atoms with Crippen molar-refractivity contribution in [2.24, 2.45) is 0 Å². The Hall–Kier alpha value is 1.44. The van der Waals surface area contributed by atoms with Crippen molar-refractivity contribution in [1.82, 2.24) is 0 Å². The van der Waals surface area contributed by atoms with Gasteiger partial charge in [0.05, 0.1) is 0 Å². The Morgan fingerprint density at radius 3 is 1.25 bits per heavy atom. The van der Waals surface area contributed by atoms with Crippen molar-refractivity contribution in [2.75, 3.05) is 0 Å². The zero-order chi connectivity index (χ0) is 2.71. The van der Waals surface area contributed by atoms with Crippen molar-refractivity contribution >= 4 is 49.6 Å². The second-order valence-corrected chi connectivity index (χ2v) is 1.57. The monoisotopic (exact) mass is 254 g/mol. The molecule has 4 heteroatoms. The van der Waals surface area contributed by atoms with Crippen LogP contribution in [0.15, 0.2) is 0 Å². The molecule has 2 radical (unpaired) electrons. The Kier molecular flexibility index (Phi) is 20.0. The summed E-state index contributed by atoms with van der Waals surface area (Å²) in [7, 11) is 0. The average molecular weight is 255 g/mol. The Labute approximate surface area is 52.5 Å². The Bertz CT molecular complexity index is 6.00. The van der Waals surface area contributed by atoms with Gasteiger partial charge >= 0.3 is 0 Å². The maximum atomic E-state index is 3.88. The zero-order valence-corrected chi connectivity index (χ0v) is 6.46. The van der Waals surface area contributed by atoms with Gasteiger partial charge in [0.1, 0.15) is 32.5 Å². The van der Waals surface area contributed by atoms with Gasteiger partial charge < -0.3 is 0 Å². The second-order valence-electron chi connectivity index (χ2n) is 0.0583. The zero-order valence-electron chi connectivity index (χ0n) is 1.57. The van der Waals surface area contributed by atoms with E-state index in [1.807, 2.05) is 0 Å². The van der Waals surface area contributed by atoms with Gasteiger partial charge in [-0.2, -0.15) is 0 Å². The van der Waals surface area contributed by atoms with E-state index in [0.29, 0.717) is 0 Å². The Balaban J connectivity index is 0. The molecule has 0 aromatic carbocycles. The number of hydrogen-bond donors (Lipinski definition) is 0. The van der Waals surface area contributed by atoms with E-state index in [4.69, 9.17) is 0 Å². The van der Waals surface area contributed by atoms with Gasteiger partial charge in [-0.3, -0.25) is 0 Å². The minimum Gasteiger partial charge on any atom is -0.230 e. The average Bonchev–Trinajstić information content (AvgIpc) is 0.918. The molecule has 0 aliphatic heterocycles. The predicted octanol–water partition coefficient (Wildman–Crippen LogP) is 1.24. The molecule has 0 saturated carbocycles. The predicted molar refractivity (Wildman–Crippen MR) is 24.7 cm³/mol. The van der Waals surface area contributed by atoms with Crippen molar-refractivity contribution in [3.05, 3.63) is 0 Å². The van der Waals surface area contributed by atoms with E-state index < -0.39 is 0 Å². The van der Waals surface area contributed by atoms with Crippen molar-refractivity contribution in [3.63, 3.8) is 0 Å². The summed E-state index contributed by atoms with van der Waals surface area (Å²) in [6.45, 7) is 0. The van der Waals surface area contributed by atoms with E-state index in [1.54, 1.807) is 0 Å². The van der Waals surface area contributed by atoms with Crippen molar-refractivity contribution in [2.45, 2.75) is 0 Å². The third kappa shape index (κ3) is 9.88. The van der Waals surface area contributed by atoms with Gasteiger partial charge in [0.15, 0.2) is 0 Å². The third-order valence-electron chi connectivity index (χ3n) is 0. The summed E-state index contributed by atoms with van der Waals surface area (Å²) in [5.74, 6) is 0. The van der Waals surface area contributed by atoms with Crippen LogP contribution in [0.5, 0.6) is 0 Å². The van der Waals surface area contributed by atoms with Crippen LogP contribution in [0.3, 0.4) is 0 Å². The number of halogens is 2. The van der Waals surface area contributed by atoms with Crippen molar-refractivity contribution < 1.29 is 2.92 Å². The molecule has 0 aromatic heterocycles. The molecule has 4 heavy (non-hydrogen) atoms. The van der Waals surface area contributed by atoms with Crippen LogP contribution in [0, 0.1) is 0 Å². The molecular formula is Br2OSe. The van der Waals surface area contributed by atoms with Gasteiger partial charge in [0.25, 0.3) is 0 Å². The molecule has 0 saturated heterocycles. The molecule has 1 nitrogen and oxygen atoms in total. The molecule has 0 fully saturated rings. The van der Waals surface area contributed by atoms with Crippen LogP contribution in [-0.4, -0.2) is 17.1 Å². The number of hydrogen-bond acceptors (Lipinski definition) is 1. The van der Waals surface area contributed by atoms with E-state index in [9.17, 15) is 0 Å². The maximum Gasteiger partial charge on any atom is 0.115 e. The summed E-state index contributed by atoms with van der Waals surface area (Å²) < 4.78 is 3.88. The maximum absolute atomic E-state index is 3.88. The first-order valence-electron chi connectivity index (χ1n) is 0.309. The van der Waals surface area contributed by atoms with Gasteiger partial charge in [0, 0.05) is 17.1 Å². The largest absolute Gasteiger partial charge is 0.230 e. The van der Waals surface area contributed by atoms with E-state index >= 15 is 0 Å². The van der Waals surface area contributed by atoms with E-state index in [-0.39, 0.29) is 17.1 Å². The molecule has 0 aromatic rings. The summed E-state index contributed by atoms with van der Waals surface area (Å²) in [5.41, 5.74) is 0.